The van der Waals surface area contributed by atoms with E-state index >= 15 is 0 Å². The summed E-state index contributed by atoms with van der Waals surface area (Å²) in [6, 6.07) is 5.57. The number of hydrogen-bond donors (Lipinski definition) is 1. The summed E-state index contributed by atoms with van der Waals surface area (Å²) < 4.78 is 5.87. The van der Waals surface area contributed by atoms with Gasteiger partial charge in [0.05, 0.1) is 0 Å². The highest BCUT2D eigenvalue weighted by atomic mass is 35.5. The molecule has 0 amide bonds. The fourth-order valence-corrected chi connectivity index (χ4v) is 2.97. The number of aryl methyl sites for hydroxylation is 2. The van der Waals surface area contributed by atoms with Gasteiger partial charge in [0, 0.05) is 28.6 Å². The van der Waals surface area contributed by atoms with E-state index in [2.05, 4.69) is 15.3 Å². The van der Waals surface area contributed by atoms with Crippen molar-refractivity contribution < 1.29 is 4.42 Å². The highest BCUT2D eigenvalue weighted by Crippen LogP contribution is 2.31. The van der Waals surface area contributed by atoms with E-state index in [4.69, 9.17) is 27.6 Å². The van der Waals surface area contributed by atoms with Crippen LogP contribution in [0.2, 0.25) is 10.2 Å². The van der Waals surface area contributed by atoms with Crippen LogP contribution in [0.5, 0.6) is 0 Å². The smallest absolute Gasteiger partial charge is 0.137 e. The lowest BCUT2D eigenvalue weighted by Crippen LogP contribution is -2.06. The lowest BCUT2D eigenvalue weighted by atomic mass is 10.1. The zero-order valence-corrected chi connectivity index (χ0v) is 13.8. The molecule has 114 valence electrons. The van der Waals surface area contributed by atoms with Crippen LogP contribution in [0.15, 0.2) is 28.9 Å². The second kappa shape index (κ2) is 6.15. The van der Waals surface area contributed by atoms with Crippen molar-refractivity contribution in [2.75, 3.05) is 11.9 Å². The summed E-state index contributed by atoms with van der Waals surface area (Å²) in [5, 5.41) is 5.45. The van der Waals surface area contributed by atoms with Gasteiger partial charge < -0.3 is 9.73 Å². The molecule has 4 nitrogen and oxygen atoms in total. The third-order valence-electron chi connectivity index (χ3n) is 3.56. The normalized spacial score (nSPS) is 11.1. The van der Waals surface area contributed by atoms with Crippen LogP contribution in [-0.4, -0.2) is 16.5 Å². The van der Waals surface area contributed by atoms with Gasteiger partial charge in [0.25, 0.3) is 0 Å². The monoisotopic (exact) mass is 335 g/mol. The molecule has 0 aliphatic heterocycles. The lowest BCUT2D eigenvalue weighted by molar-refractivity contribution is 0.570. The van der Waals surface area contributed by atoms with Crippen LogP contribution in [0.3, 0.4) is 0 Å². The van der Waals surface area contributed by atoms with Gasteiger partial charge in [-0.25, -0.2) is 9.97 Å². The molecule has 0 saturated heterocycles. The van der Waals surface area contributed by atoms with Gasteiger partial charge in [-0.05, 0) is 38.0 Å². The minimum atomic E-state index is 0.421. The maximum Gasteiger partial charge on any atom is 0.137 e. The zero-order valence-electron chi connectivity index (χ0n) is 12.3. The molecule has 22 heavy (non-hydrogen) atoms. The van der Waals surface area contributed by atoms with E-state index in [1.807, 2.05) is 26.0 Å². The number of nitrogens with one attached hydrogen (secondary N) is 1. The Morgan fingerprint density at radius 1 is 1.14 bits per heavy atom. The number of benzene rings is 1. The summed E-state index contributed by atoms with van der Waals surface area (Å²) in [6.45, 7) is 4.70. The summed E-state index contributed by atoms with van der Waals surface area (Å²) >= 11 is 12.0. The van der Waals surface area contributed by atoms with E-state index in [0.29, 0.717) is 17.5 Å². The van der Waals surface area contributed by atoms with Crippen LogP contribution in [0.4, 0.5) is 5.82 Å². The molecule has 3 aromatic rings. The van der Waals surface area contributed by atoms with Crippen molar-refractivity contribution in [3.63, 3.8) is 0 Å². The average molecular weight is 336 g/mol. The number of hydrogen-bond acceptors (Lipinski definition) is 4. The first-order valence-corrected chi connectivity index (χ1v) is 7.69. The molecule has 1 N–H and O–H groups in total. The quantitative estimate of drug-likeness (QED) is 0.695. The summed E-state index contributed by atoms with van der Waals surface area (Å²) in [5.41, 5.74) is 3.11. The minimum Gasteiger partial charge on any atom is -0.461 e. The van der Waals surface area contributed by atoms with Gasteiger partial charge in [-0.2, -0.15) is 0 Å². The highest BCUT2D eigenvalue weighted by Gasteiger charge is 2.13. The highest BCUT2D eigenvalue weighted by molar-refractivity contribution is 6.31. The third kappa shape index (κ3) is 3.03. The van der Waals surface area contributed by atoms with Gasteiger partial charge in [-0.1, -0.05) is 23.2 Å². The van der Waals surface area contributed by atoms with E-state index in [0.717, 1.165) is 39.3 Å². The van der Waals surface area contributed by atoms with Crippen molar-refractivity contribution in [3.8, 4) is 0 Å². The summed E-state index contributed by atoms with van der Waals surface area (Å²) in [7, 11) is 0. The van der Waals surface area contributed by atoms with Crippen LogP contribution in [0, 0.1) is 13.8 Å². The molecular formula is C16H15Cl2N3O. The Bertz CT molecular complexity index is 830. The van der Waals surface area contributed by atoms with E-state index in [9.17, 15) is 0 Å². The van der Waals surface area contributed by atoms with Crippen molar-refractivity contribution in [1.82, 2.24) is 9.97 Å². The minimum absolute atomic E-state index is 0.421. The number of anilines is 1. The van der Waals surface area contributed by atoms with Gasteiger partial charge in [0.2, 0.25) is 0 Å². The molecule has 0 aliphatic rings. The summed E-state index contributed by atoms with van der Waals surface area (Å²) in [5.74, 6) is 1.63. The molecule has 2 aromatic heterocycles. The molecular weight excluding hydrogens is 321 g/mol. The Labute approximate surface area is 138 Å². The first-order valence-electron chi connectivity index (χ1n) is 6.94. The standard InChI is InChI=1S/C16H15Cl2N3O/c1-9-5-11(17)6-13-12(10(2)22-16(9)13)3-4-19-15-7-14(18)20-8-21-15/h5-8H,3-4H2,1-2H3,(H,19,20,21). The van der Waals surface area contributed by atoms with E-state index in [1.165, 1.54) is 6.33 Å². The first-order chi connectivity index (χ1) is 10.5. The Morgan fingerprint density at radius 2 is 1.95 bits per heavy atom. The van der Waals surface area contributed by atoms with Crippen LogP contribution in [0.25, 0.3) is 11.0 Å². The van der Waals surface area contributed by atoms with Crippen molar-refractivity contribution in [3.05, 3.63) is 51.6 Å². The summed E-state index contributed by atoms with van der Waals surface area (Å²) in [6.07, 6.45) is 2.24. The molecule has 0 fully saturated rings. The molecule has 0 spiro atoms. The Kier molecular flexibility index (Phi) is 4.23. The fourth-order valence-electron chi connectivity index (χ4n) is 2.55. The zero-order chi connectivity index (χ0) is 15.7. The van der Waals surface area contributed by atoms with Crippen molar-refractivity contribution in [2.24, 2.45) is 0 Å². The van der Waals surface area contributed by atoms with Crippen LogP contribution in [0.1, 0.15) is 16.9 Å². The predicted octanol–water partition coefficient (Wildman–Crippen LogP) is 4.80. The molecule has 0 atom stereocenters. The van der Waals surface area contributed by atoms with Crippen molar-refractivity contribution in [1.29, 1.82) is 0 Å². The molecule has 6 heteroatoms. The number of rotatable bonds is 4. The number of furan rings is 1. The number of fused-ring (bicyclic) bond motifs is 1. The predicted molar refractivity (Wildman–Crippen MR) is 89.9 cm³/mol. The van der Waals surface area contributed by atoms with E-state index in [1.54, 1.807) is 6.07 Å². The van der Waals surface area contributed by atoms with Crippen LogP contribution in [-0.2, 0) is 6.42 Å². The van der Waals surface area contributed by atoms with Gasteiger partial charge in [0.15, 0.2) is 0 Å². The molecule has 0 saturated carbocycles. The molecule has 0 radical (unpaired) electrons. The van der Waals surface area contributed by atoms with Gasteiger partial charge in [-0.15, -0.1) is 0 Å². The molecule has 0 unspecified atom stereocenters. The van der Waals surface area contributed by atoms with Crippen LogP contribution < -0.4 is 5.32 Å². The second-order valence-corrected chi connectivity index (χ2v) is 5.96. The second-order valence-electron chi connectivity index (χ2n) is 5.14. The Hall–Kier alpha value is -1.78. The molecule has 3 rings (SSSR count). The summed E-state index contributed by atoms with van der Waals surface area (Å²) in [4.78, 5) is 7.98. The van der Waals surface area contributed by atoms with Crippen molar-refractivity contribution >= 4 is 40.0 Å². The third-order valence-corrected chi connectivity index (χ3v) is 3.98. The van der Waals surface area contributed by atoms with E-state index < -0.39 is 0 Å². The first kappa shape index (κ1) is 15.1. The maximum absolute atomic E-state index is 6.16. The lowest BCUT2D eigenvalue weighted by Gasteiger charge is -2.05. The van der Waals surface area contributed by atoms with Crippen LogP contribution >= 0.6 is 23.2 Å². The van der Waals surface area contributed by atoms with Gasteiger partial charge in [-0.3, -0.25) is 0 Å². The maximum atomic E-state index is 6.16. The topological polar surface area (TPSA) is 51.0 Å². The number of nitrogens with zero attached hydrogens (tertiary/aromatic N) is 2. The molecule has 0 bridgehead atoms. The fraction of sp³-hybridized carbons (Fsp3) is 0.250. The van der Waals surface area contributed by atoms with Crippen molar-refractivity contribution in [2.45, 2.75) is 20.3 Å². The number of halogens is 2. The van der Waals surface area contributed by atoms with Gasteiger partial charge >= 0.3 is 0 Å². The largest absolute Gasteiger partial charge is 0.461 e. The Balaban J connectivity index is 1.80. The Morgan fingerprint density at radius 3 is 2.73 bits per heavy atom. The average Bonchev–Trinajstić information content (AvgIpc) is 2.76. The number of aromatic nitrogens is 2. The molecule has 2 heterocycles. The SMILES string of the molecule is Cc1oc2c(C)cc(Cl)cc2c1CCNc1cc(Cl)ncn1. The molecule has 0 aliphatic carbocycles. The molecule has 1 aromatic carbocycles. The van der Waals surface area contributed by atoms with E-state index in [-0.39, 0.29) is 0 Å². The van der Waals surface area contributed by atoms with Gasteiger partial charge in [0.1, 0.15) is 28.6 Å².